The van der Waals surface area contributed by atoms with Crippen LogP contribution in [0.15, 0.2) is 72.9 Å². The fourth-order valence-electron chi connectivity index (χ4n) is 3.65. The topological polar surface area (TPSA) is 86.4 Å². The average molecular weight is 397 g/mol. The number of amides is 1. The van der Waals surface area contributed by atoms with Crippen LogP contribution in [-0.2, 0) is 0 Å². The summed E-state index contributed by atoms with van der Waals surface area (Å²) in [4.78, 5) is 16.0. The Labute approximate surface area is 173 Å². The Morgan fingerprint density at radius 2 is 1.57 bits per heavy atom. The number of phenols is 1. The molecule has 4 aromatic rings. The van der Waals surface area contributed by atoms with Gasteiger partial charge in [-0.05, 0) is 59.7 Å². The fraction of sp³-hybridized carbons (Fsp3) is 0.0417. The Morgan fingerprint density at radius 1 is 0.800 bits per heavy atom. The molecule has 0 fully saturated rings. The lowest BCUT2D eigenvalue weighted by Gasteiger charge is -2.12. The van der Waals surface area contributed by atoms with Gasteiger partial charge in [0.05, 0.1) is 29.7 Å². The van der Waals surface area contributed by atoms with Gasteiger partial charge in [0.25, 0.3) is 5.91 Å². The number of benzene rings is 3. The van der Waals surface area contributed by atoms with E-state index in [0.717, 1.165) is 33.8 Å². The number of carbonyl (C=O) groups is 1. The molecule has 4 N–H and O–H groups in total. The number of rotatable bonds is 3. The van der Waals surface area contributed by atoms with Crippen LogP contribution in [0.3, 0.4) is 0 Å². The predicted molar refractivity (Wildman–Crippen MR) is 118 cm³/mol. The maximum absolute atomic E-state index is 12.8. The number of carbonyl (C=O) groups excluding carboxylic acids is 1. The molecule has 5 rings (SSSR count). The van der Waals surface area contributed by atoms with E-state index in [4.69, 9.17) is 4.74 Å². The number of aromatic hydroxyl groups is 1. The molecule has 0 saturated carbocycles. The number of anilines is 3. The van der Waals surface area contributed by atoms with Crippen LogP contribution < -0.4 is 15.4 Å². The van der Waals surface area contributed by atoms with Gasteiger partial charge in [-0.3, -0.25) is 4.79 Å². The van der Waals surface area contributed by atoms with Crippen molar-refractivity contribution >= 4 is 23.0 Å². The summed E-state index contributed by atoms with van der Waals surface area (Å²) in [5.41, 5.74) is 6.56. The zero-order chi connectivity index (χ0) is 20.7. The first kappa shape index (κ1) is 17.9. The van der Waals surface area contributed by atoms with Gasteiger partial charge in [0.2, 0.25) is 0 Å². The third-order valence-corrected chi connectivity index (χ3v) is 5.22. The van der Waals surface area contributed by atoms with Gasteiger partial charge in [-0.1, -0.05) is 18.2 Å². The maximum atomic E-state index is 12.8. The molecule has 0 bridgehead atoms. The number of hydrogen-bond acceptors (Lipinski definition) is 4. The van der Waals surface area contributed by atoms with Crippen LogP contribution in [0.1, 0.15) is 10.4 Å². The molecule has 0 radical (unpaired) electrons. The largest absolute Gasteiger partial charge is 0.504 e. The molecule has 6 nitrogen and oxygen atoms in total. The minimum atomic E-state index is -0.172. The number of fused-ring (bicyclic) bond motifs is 2. The SMILES string of the molecule is COc1cc(-c2ccc3c(c2)Nc2ccc(-c4ccc[nH]4)cc2NC3=O)ccc1O. The third-order valence-electron chi connectivity index (χ3n) is 5.22. The van der Waals surface area contributed by atoms with E-state index in [1.165, 1.54) is 7.11 Å². The number of nitrogens with one attached hydrogen (secondary N) is 3. The van der Waals surface area contributed by atoms with Gasteiger partial charge in [-0.15, -0.1) is 0 Å². The molecule has 2 heterocycles. The summed E-state index contributed by atoms with van der Waals surface area (Å²) in [6.45, 7) is 0. The number of aromatic amines is 1. The van der Waals surface area contributed by atoms with Crippen LogP contribution in [0.4, 0.5) is 17.1 Å². The quantitative estimate of drug-likeness (QED) is 0.374. The summed E-state index contributed by atoms with van der Waals surface area (Å²) in [5, 5.41) is 16.2. The monoisotopic (exact) mass is 397 g/mol. The molecule has 0 aliphatic carbocycles. The van der Waals surface area contributed by atoms with Gasteiger partial charge < -0.3 is 25.5 Å². The van der Waals surface area contributed by atoms with Gasteiger partial charge in [0, 0.05) is 17.5 Å². The lowest BCUT2D eigenvalue weighted by atomic mass is 10.0. The summed E-state index contributed by atoms with van der Waals surface area (Å²) < 4.78 is 5.21. The van der Waals surface area contributed by atoms with Gasteiger partial charge in [0.15, 0.2) is 11.5 Å². The Kier molecular flexibility index (Phi) is 4.17. The molecule has 3 aromatic carbocycles. The molecule has 0 atom stereocenters. The van der Waals surface area contributed by atoms with E-state index in [0.29, 0.717) is 17.0 Å². The molecule has 1 aliphatic rings. The van der Waals surface area contributed by atoms with Crippen LogP contribution in [0, 0.1) is 0 Å². The number of phenolic OH excluding ortho intramolecular Hbond substituents is 1. The van der Waals surface area contributed by atoms with Crippen molar-refractivity contribution in [2.45, 2.75) is 0 Å². The molecule has 0 saturated heterocycles. The van der Waals surface area contributed by atoms with Crippen molar-refractivity contribution in [3.05, 3.63) is 78.5 Å². The van der Waals surface area contributed by atoms with Crippen LogP contribution >= 0.6 is 0 Å². The summed E-state index contributed by atoms with van der Waals surface area (Å²) >= 11 is 0. The van der Waals surface area contributed by atoms with E-state index in [-0.39, 0.29) is 11.7 Å². The molecule has 1 aliphatic heterocycles. The van der Waals surface area contributed by atoms with Crippen molar-refractivity contribution < 1.29 is 14.6 Å². The van der Waals surface area contributed by atoms with Gasteiger partial charge in [-0.2, -0.15) is 0 Å². The Balaban J connectivity index is 1.55. The van der Waals surface area contributed by atoms with Crippen molar-refractivity contribution in [1.82, 2.24) is 4.98 Å². The molecule has 148 valence electrons. The molecular weight excluding hydrogens is 378 g/mol. The molecule has 6 heteroatoms. The second-order valence-corrected chi connectivity index (χ2v) is 7.07. The van der Waals surface area contributed by atoms with Crippen molar-refractivity contribution in [2.24, 2.45) is 0 Å². The number of H-pyrrole nitrogens is 1. The minimum Gasteiger partial charge on any atom is -0.504 e. The summed E-state index contributed by atoms with van der Waals surface area (Å²) in [5.74, 6) is 0.311. The lowest BCUT2D eigenvalue weighted by molar-refractivity contribution is 0.102. The first-order valence-electron chi connectivity index (χ1n) is 9.50. The van der Waals surface area contributed by atoms with Crippen molar-refractivity contribution in [3.63, 3.8) is 0 Å². The van der Waals surface area contributed by atoms with E-state index >= 15 is 0 Å². The Hall–Kier alpha value is -4.19. The van der Waals surface area contributed by atoms with E-state index in [9.17, 15) is 9.90 Å². The molecule has 0 spiro atoms. The average Bonchev–Trinajstić information content (AvgIpc) is 3.25. The van der Waals surface area contributed by atoms with Gasteiger partial charge in [-0.25, -0.2) is 0 Å². The number of hydrogen-bond donors (Lipinski definition) is 4. The number of ether oxygens (including phenoxy) is 1. The first-order valence-corrected chi connectivity index (χ1v) is 9.50. The fourth-order valence-corrected chi connectivity index (χ4v) is 3.65. The lowest BCUT2D eigenvalue weighted by Crippen LogP contribution is -2.10. The zero-order valence-corrected chi connectivity index (χ0v) is 16.2. The highest BCUT2D eigenvalue weighted by atomic mass is 16.5. The molecule has 30 heavy (non-hydrogen) atoms. The standard InChI is InChI=1S/C24H19N3O3/c1-30-23-13-15(6-9-22(23)28)14-4-7-17-20(11-14)26-19-8-5-16(18-3-2-10-25-18)12-21(19)27-24(17)29/h2-13,25-26,28H,1H3,(H,27,29). The van der Waals surface area contributed by atoms with Crippen LogP contribution in [0.25, 0.3) is 22.4 Å². The summed E-state index contributed by atoms with van der Waals surface area (Å²) in [7, 11) is 1.51. The van der Waals surface area contributed by atoms with E-state index < -0.39 is 0 Å². The van der Waals surface area contributed by atoms with E-state index in [1.807, 2.05) is 54.7 Å². The van der Waals surface area contributed by atoms with Gasteiger partial charge in [0.1, 0.15) is 0 Å². The maximum Gasteiger partial charge on any atom is 0.257 e. The summed E-state index contributed by atoms with van der Waals surface area (Å²) in [6, 6.07) is 20.6. The molecular formula is C24H19N3O3. The van der Waals surface area contributed by atoms with Gasteiger partial charge >= 0.3 is 0 Å². The highest BCUT2D eigenvalue weighted by Crippen LogP contribution is 2.38. The van der Waals surface area contributed by atoms with Crippen LogP contribution in [-0.4, -0.2) is 23.1 Å². The second-order valence-electron chi connectivity index (χ2n) is 7.07. The van der Waals surface area contributed by atoms with E-state index in [1.54, 1.807) is 18.2 Å². The highest BCUT2D eigenvalue weighted by molar-refractivity contribution is 6.12. The zero-order valence-electron chi connectivity index (χ0n) is 16.2. The summed E-state index contributed by atoms with van der Waals surface area (Å²) in [6.07, 6.45) is 1.87. The Bertz CT molecular complexity index is 1260. The Morgan fingerprint density at radius 3 is 2.37 bits per heavy atom. The smallest absolute Gasteiger partial charge is 0.257 e. The molecule has 1 amide bonds. The number of aromatic nitrogens is 1. The van der Waals surface area contributed by atoms with Crippen LogP contribution in [0.5, 0.6) is 11.5 Å². The van der Waals surface area contributed by atoms with E-state index in [2.05, 4.69) is 15.6 Å². The predicted octanol–water partition coefficient (Wildman–Crippen LogP) is 5.37. The second kappa shape index (κ2) is 7.00. The molecule has 1 aromatic heterocycles. The first-order chi connectivity index (χ1) is 14.6. The normalized spacial score (nSPS) is 12.2. The third kappa shape index (κ3) is 3.04. The molecule has 0 unspecified atom stereocenters. The van der Waals surface area contributed by atoms with Crippen molar-refractivity contribution in [2.75, 3.05) is 17.7 Å². The van der Waals surface area contributed by atoms with Crippen molar-refractivity contribution in [3.8, 4) is 33.9 Å². The van der Waals surface area contributed by atoms with Crippen molar-refractivity contribution in [1.29, 1.82) is 0 Å². The minimum absolute atomic E-state index is 0.0836. The highest BCUT2D eigenvalue weighted by Gasteiger charge is 2.20. The van der Waals surface area contributed by atoms with Crippen LogP contribution in [0.2, 0.25) is 0 Å². The number of methoxy groups -OCH3 is 1.